The Morgan fingerprint density at radius 2 is 1.38 bits per heavy atom. The SMILES string of the molecule is CCOC(=O)O[C@@H]1CN[C@@H](C(c2ccc(C(C)(C)C)cc2)c2ccc(C(C)(C)C)cc2)C1. The lowest BCUT2D eigenvalue weighted by Crippen LogP contribution is -2.30. The molecule has 2 aromatic rings. The average molecular weight is 438 g/mol. The van der Waals surface area contributed by atoms with Gasteiger partial charge in [0.05, 0.1) is 6.61 Å². The Labute approximate surface area is 193 Å². The summed E-state index contributed by atoms with van der Waals surface area (Å²) < 4.78 is 10.5. The number of hydrogen-bond acceptors (Lipinski definition) is 4. The largest absolute Gasteiger partial charge is 0.508 e. The number of nitrogens with one attached hydrogen (secondary N) is 1. The minimum atomic E-state index is -0.583. The first-order chi connectivity index (χ1) is 15.0. The first-order valence-corrected chi connectivity index (χ1v) is 11.8. The second-order valence-corrected chi connectivity index (χ2v) is 10.9. The summed E-state index contributed by atoms with van der Waals surface area (Å²) in [5.41, 5.74) is 5.43. The van der Waals surface area contributed by atoms with Crippen molar-refractivity contribution in [2.75, 3.05) is 13.2 Å². The fourth-order valence-corrected chi connectivity index (χ4v) is 4.40. The van der Waals surface area contributed by atoms with Gasteiger partial charge in [0.1, 0.15) is 6.10 Å². The number of ether oxygens (including phenoxy) is 2. The minimum Gasteiger partial charge on any atom is -0.435 e. The highest BCUT2D eigenvalue weighted by Gasteiger charge is 2.35. The lowest BCUT2D eigenvalue weighted by molar-refractivity contribution is 0.0318. The van der Waals surface area contributed by atoms with Crippen LogP contribution in [0.3, 0.4) is 0 Å². The van der Waals surface area contributed by atoms with Crippen molar-refractivity contribution >= 4 is 6.16 Å². The summed E-state index contributed by atoms with van der Waals surface area (Å²) in [5.74, 6) is 0.175. The Bertz CT molecular complexity index is 831. The standard InChI is InChI=1S/C28H39NO3/c1-8-31-26(30)32-23-17-24(29-18-23)25(19-9-13-21(14-10-19)27(2,3)4)20-11-15-22(16-12-20)28(5,6)7/h9-16,23-25,29H,8,17-18H2,1-7H3/t23-,24+/m0/s1. The van der Waals surface area contributed by atoms with Gasteiger partial charge in [0.25, 0.3) is 0 Å². The van der Waals surface area contributed by atoms with Gasteiger partial charge >= 0.3 is 6.16 Å². The van der Waals surface area contributed by atoms with E-state index in [4.69, 9.17) is 9.47 Å². The summed E-state index contributed by atoms with van der Waals surface area (Å²) in [6, 6.07) is 18.2. The van der Waals surface area contributed by atoms with Crippen molar-refractivity contribution in [2.45, 2.75) is 83.8 Å². The van der Waals surface area contributed by atoms with Crippen LogP contribution in [0.5, 0.6) is 0 Å². The molecule has 1 saturated heterocycles. The van der Waals surface area contributed by atoms with Crippen LogP contribution in [0.4, 0.5) is 4.79 Å². The second-order valence-electron chi connectivity index (χ2n) is 10.9. The molecule has 0 aromatic heterocycles. The maximum Gasteiger partial charge on any atom is 0.508 e. The van der Waals surface area contributed by atoms with Gasteiger partial charge in [-0.3, -0.25) is 0 Å². The molecule has 0 amide bonds. The molecule has 174 valence electrons. The molecule has 32 heavy (non-hydrogen) atoms. The molecular weight excluding hydrogens is 398 g/mol. The van der Waals surface area contributed by atoms with E-state index in [1.54, 1.807) is 6.92 Å². The number of hydrogen-bond donors (Lipinski definition) is 1. The lowest BCUT2D eigenvalue weighted by atomic mass is 9.80. The Morgan fingerprint density at radius 1 is 0.906 bits per heavy atom. The van der Waals surface area contributed by atoms with Crippen molar-refractivity contribution in [3.8, 4) is 0 Å². The first kappa shape index (κ1) is 24.3. The van der Waals surface area contributed by atoms with Crippen LogP contribution in [0.15, 0.2) is 48.5 Å². The van der Waals surface area contributed by atoms with Gasteiger partial charge in [0, 0.05) is 24.9 Å². The number of rotatable bonds is 5. The van der Waals surface area contributed by atoms with Gasteiger partial charge in [-0.25, -0.2) is 4.79 Å². The van der Waals surface area contributed by atoms with Crippen LogP contribution in [-0.4, -0.2) is 31.5 Å². The van der Waals surface area contributed by atoms with Crippen LogP contribution in [0.1, 0.15) is 83.1 Å². The third-order valence-electron chi connectivity index (χ3n) is 6.32. The molecule has 2 atom stereocenters. The number of benzene rings is 2. The minimum absolute atomic E-state index is 0.118. The molecule has 4 nitrogen and oxygen atoms in total. The third kappa shape index (κ3) is 5.92. The average Bonchev–Trinajstić information content (AvgIpc) is 3.15. The molecule has 4 heteroatoms. The highest BCUT2D eigenvalue weighted by molar-refractivity contribution is 5.60. The predicted octanol–water partition coefficient (Wildman–Crippen LogP) is 6.32. The summed E-state index contributed by atoms with van der Waals surface area (Å²) in [6.45, 7) is 16.2. The first-order valence-electron chi connectivity index (χ1n) is 11.8. The van der Waals surface area contributed by atoms with Gasteiger partial charge in [-0.1, -0.05) is 90.1 Å². The monoisotopic (exact) mass is 437 g/mol. The van der Waals surface area contributed by atoms with Gasteiger partial charge < -0.3 is 14.8 Å². The van der Waals surface area contributed by atoms with Gasteiger partial charge in [0.15, 0.2) is 0 Å². The summed E-state index contributed by atoms with van der Waals surface area (Å²) in [5, 5.41) is 3.61. The topological polar surface area (TPSA) is 47.6 Å². The van der Waals surface area contributed by atoms with Gasteiger partial charge in [-0.2, -0.15) is 0 Å². The van der Waals surface area contributed by atoms with Gasteiger partial charge in [0.2, 0.25) is 0 Å². The summed E-state index contributed by atoms with van der Waals surface area (Å²) in [4.78, 5) is 11.8. The number of carbonyl (C=O) groups is 1. The predicted molar refractivity (Wildman–Crippen MR) is 130 cm³/mol. The highest BCUT2D eigenvalue weighted by atomic mass is 16.7. The Kier molecular flexibility index (Phi) is 7.34. The number of carbonyl (C=O) groups excluding carboxylic acids is 1. The van der Waals surface area contributed by atoms with E-state index in [9.17, 15) is 4.79 Å². The van der Waals surface area contributed by atoms with Crippen LogP contribution in [-0.2, 0) is 20.3 Å². The summed E-state index contributed by atoms with van der Waals surface area (Å²) >= 11 is 0. The molecular formula is C28H39NO3. The fourth-order valence-electron chi connectivity index (χ4n) is 4.40. The quantitative estimate of drug-likeness (QED) is 0.556. The zero-order chi connectivity index (χ0) is 23.5. The van der Waals surface area contributed by atoms with E-state index >= 15 is 0 Å². The van der Waals surface area contributed by atoms with Crippen LogP contribution < -0.4 is 5.32 Å². The molecule has 1 aliphatic rings. The highest BCUT2D eigenvalue weighted by Crippen LogP contribution is 2.35. The zero-order valence-electron chi connectivity index (χ0n) is 20.7. The van der Waals surface area contributed by atoms with Gasteiger partial charge in [-0.05, 0) is 40.0 Å². The van der Waals surface area contributed by atoms with Crippen molar-refractivity contribution in [3.05, 3.63) is 70.8 Å². The molecule has 0 radical (unpaired) electrons. The lowest BCUT2D eigenvalue weighted by Gasteiger charge is -2.27. The normalized spacial score (nSPS) is 19.2. The van der Waals surface area contributed by atoms with Crippen LogP contribution in [0.25, 0.3) is 0 Å². The molecule has 0 saturated carbocycles. The Balaban J connectivity index is 1.89. The maximum absolute atomic E-state index is 11.8. The molecule has 0 bridgehead atoms. The molecule has 3 rings (SSSR count). The molecule has 0 unspecified atom stereocenters. The smallest absolute Gasteiger partial charge is 0.435 e. The third-order valence-corrected chi connectivity index (χ3v) is 6.32. The van der Waals surface area contributed by atoms with E-state index in [-0.39, 0.29) is 28.9 Å². The van der Waals surface area contributed by atoms with Crippen molar-refractivity contribution < 1.29 is 14.3 Å². The zero-order valence-corrected chi connectivity index (χ0v) is 20.7. The molecule has 0 spiro atoms. The van der Waals surface area contributed by atoms with Crippen molar-refractivity contribution in [1.82, 2.24) is 5.32 Å². The van der Waals surface area contributed by atoms with E-state index in [2.05, 4.69) is 95.4 Å². The molecule has 2 aromatic carbocycles. The van der Waals surface area contributed by atoms with E-state index in [0.29, 0.717) is 13.2 Å². The van der Waals surface area contributed by atoms with E-state index < -0.39 is 6.16 Å². The van der Waals surface area contributed by atoms with Crippen LogP contribution in [0.2, 0.25) is 0 Å². The molecule has 0 aliphatic carbocycles. The second kappa shape index (κ2) is 9.66. The van der Waals surface area contributed by atoms with Crippen molar-refractivity contribution in [1.29, 1.82) is 0 Å². The van der Waals surface area contributed by atoms with Crippen LogP contribution in [0, 0.1) is 0 Å². The van der Waals surface area contributed by atoms with Crippen LogP contribution >= 0.6 is 0 Å². The Morgan fingerprint density at radius 3 is 1.78 bits per heavy atom. The molecule has 1 aliphatic heterocycles. The van der Waals surface area contributed by atoms with E-state index in [1.165, 1.54) is 22.3 Å². The van der Waals surface area contributed by atoms with Crippen molar-refractivity contribution in [2.24, 2.45) is 0 Å². The fraction of sp³-hybridized carbons (Fsp3) is 0.536. The summed E-state index contributed by atoms with van der Waals surface area (Å²) in [6.07, 6.45) is -0.00396. The maximum atomic E-state index is 11.8. The summed E-state index contributed by atoms with van der Waals surface area (Å²) in [7, 11) is 0. The van der Waals surface area contributed by atoms with E-state index in [1.807, 2.05) is 0 Å². The Hall–Kier alpha value is -2.33. The molecule has 1 N–H and O–H groups in total. The molecule has 1 fully saturated rings. The molecule has 1 heterocycles. The van der Waals surface area contributed by atoms with Gasteiger partial charge in [-0.15, -0.1) is 0 Å². The van der Waals surface area contributed by atoms with Crippen molar-refractivity contribution in [3.63, 3.8) is 0 Å². The van der Waals surface area contributed by atoms with E-state index in [0.717, 1.165) is 6.42 Å².